The van der Waals surface area contributed by atoms with Gasteiger partial charge in [-0.3, -0.25) is 0 Å². The third kappa shape index (κ3) is 1.26. The molecule has 1 saturated carbocycles. The molecule has 1 fully saturated rings. The lowest BCUT2D eigenvalue weighted by Crippen LogP contribution is -2.03. The highest BCUT2D eigenvalue weighted by Gasteiger charge is 2.30. The largest absolute Gasteiger partial charge is 0.0808 e. The van der Waals surface area contributed by atoms with Crippen molar-refractivity contribution in [1.82, 2.24) is 0 Å². The monoisotopic (exact) mass is 148 g/mol. The lowest BCUT2D eigenvalue weighted by molar-refractivity contribution is 0.513. The van der Waals surface area contributed by atoms with E-state index in [2.05, 4.69) is 31.2 Å². The van der Waals surface area contributed by atoms with Crippen LogP contribution in [-0.4, -0.2) is 0 Å². The second-order valence-corrected chi connectivity index (χ2v) is 3.84. The highest BCUT2D eigenvalue weighted by atomic mass is 14.3. The van der Waals surface area contributed by atoms with Crippen LogP contribution in [-0.2, 0) is 0 Å². The van der Waals surface area contributed by atoms with Gasteiger partial charge in [0.05, 0.1) is 0 Å². The second-order valence-electron chi connectivity index (χ2n) is 3.84. The lowest BCUT2D eigenvalue weighted by Gasteiger charge is -2.13. The van der Waals surface area contributed by atoms with Crippen molar-refractivity contribution in [2.45, 2.75) is 26.2 Å². The zero-order chi connectivity index (χ0) is 7.68. The summed E-state index contributed by atoms with van der Waals surface area (Å²) in [6.07, 6.45) is 13.4. The molecule has 0 amide bonds. The molecule has 2 atom stereocenters. The highest BCUT2D eigenvalue weighted by Crippen LogP contribution is 2.40. The topological polar surface area (TPSA) is 0 Å². The molecule has 0 aromatic carbocycles. The van der Waals surface area contributed by atoms with Gasteiger partial charge in [-0.15, -0.1) is 0 Å². The molecule has 0 nitrogen and oxygen atoms in total. The van der Waals surface area contributed by atoms with Gasteiger partial charge in [0.15, 0.2) is 0 Å². The Kier molecular flexibility index (Phi) is 1.85. The summed E-state index contributed by atoms with van der Waals surface area (Å²) in [5.74, 6) is 2.76. The summed E-state index contributed by atoms with van der Waals surface area (Å²) in [4.78, 5) is 0. The zero-order valence-corrected chi connectivity index (χ0v) is 7.16. The summed E-state index contributed by atoms with van der Waals surface area (Å²) in [6, 6.07) is 0. The first-order valence-corrected chi connectivity index (χ1v) is 4.75. The molecule has 2 aliphatic carbocycles. The fourth-order valence-electron chi connectivity index (χ4n) is 2.41. The molecule has 11 heavy (non-hydrogen) atoms. The molecular weight excluding hydrogens is 132 g/mol. The maximum Gasteiger partial charge on any atom is -0.0165 e. The van der Waals surface area contributed by atoms with Gasteiger partial charge in [-0.05, 0) is 30.6 Å². The molecule has 2 unspecified atom stereocenters. The van der Waals surface area contributed by atoms with E-state index in [4.69, 9.17) is 0 Å². The zero-order valence-electron chi connectivity index (χ0n) is 7.16. The van der Waals surface area contributed by atoms with E-state index in [1.54, 1.807) is 0 Å². The van der Waals surface area contributed by atoms with Crippen molar-refractivity contribution in [2.75, 3.05) is 0 Å². The van der Waals surface area contributed by atoms with Crippen LogP contribution in [0.25, 0.3) is 0 Å². The van der Waals surface area contributed by atoms with Gasteiger partial charge in [-0.1, -0.05) is 37.6 Å². The molecule has 0 radical (unpaired) electrons. The highest BCUT2D eigenvalue weighted by molar-refractivity contribution is 5.16. The Morgan fingerprint density at radius 1 is 1.09 bits per heavy atom. The minimum absolute atomic E-state index is 0.880. The number of hydrogen-bond acceptors (Lipinski definition) is 0. The Hall–Kier alpha value is -0.520. The van der Waals surface area contributed by atoms with Gasteiger partial charge in [0.2, 0.25) is 0 Å². The van der Waals surface area contributed by atoms with Crippen molar-refractivity contribution in [2.24, 2.45) is 17.8 Å². The maximum absolute atomic E-state index is 2.39. The van der Waals surface area contributed by atoms with Crippen molar-refractivity contribution < 1.29 is 0 Å². The fraction of sp³-hybridized carbons (Fsp3) is 0.636. The predicted molar refractivity (Wildman–Crippen MR) is 48.3 cm³/mol. The Labute approximate surface area is 69.0 Å². The number of allylic oxidation sites excluding steroid dienone is 4. The van der Waals surface area contributed by atoms with Crippen LogP contribution >= 0.6 is 0 Å². The smallest absolute Gasteiger partial charge is 0.0165 e. The molecular formula is C11H16. The normalized spacial score (nSPS) is 41.0. The summed E-state index contributed by atoms with van der Waals surface area (Å²) < 4.78 is 0. The quantitative estimate of drug-likeness (QED) is 0.536. The summed E-state index contributed by atoms with van der Waals surface area (Å²) in [7, 11) is 0. The minimum atomic E-state index is 0.880. The molecule has 0 saturated heterocycles. The molecule has 2 rings (SSSR count). The molecule has 0 spiro atoms. The van der Waals surface area contributed by atoms with Gasteiger partial charge in [0.1, 0.15) is 0 Å². The summed E-state index contributed by atoms with van der Waals surface area (Å²) in [5.41, 5.74) is 0. The van der Waals surface area contributed by atoms with Crippen molar-refractivity contribution in [3.8, 4) is 0 Å². The number of fused-ring (bicyclic) bond motifs is 1. The molecule has 0 N–H and O–H groups in total. The Morgan fingerprint density at radius 2 is 1.64 bits per heavy atom. The van der Waals surface area contributed by atoms with Crippen LogP contribution in [0.2, 0.25) is 0 Å². The average molecular weight is 148 g/mol. The first-order chi connectivity index (χ1) is 5.40. The van der Waals surface area contributed by atoms with E-state index >= 15 is 0 Å². The third-order valence-corrected chi connectivity index (χ3v) is 3.17. The molecule has 2 aliphatic rings. The second kappa shape index (κ2) is 2.84. The molecule has 0 bridgehead atoms. The third-order valence-electron chi connectivity index (χ3n) is 3.17. The van der Waals surface area contributed by atoms with Gasteiger partial charge in [-0.25, -0.2) is 0 Å². The van der Waals surface area contributed by atoms with E-state index < -0.39 is 0 Å². The van der Waals surface area contributed by atoms with Crippen LogP contribution < -0.4 is 0 Å². The van der Waals surface area contributed by atoms with E-state index in [1.165, 1.54) is 19.3 Å². The van der Waals surface area contributed by atoms with Gasteiger partial charge in [-0.2, -0.15) is 0 Å². The van der Waals surface area contributed by atoms with Gasteiger partial charge in [0.25, 0.3) is 0 Å². The van der Waals surface area contributed by atoms with Gasteiger partial charge >= 0.3 is 0 Å². The standard InChI is InChI=1S/C11H16/c1-2-9-7-10-5-3-4-6-11(10)8-9/h3-6,9-11H,2,7-8H2,1H3. The molecule has 0 aliphatic heterocycles. The van der Waals surface area contributed by atoms with E-state index in [0.29, 0.717) is 0 Å². The van der Waals surface area contributed by atoms with Crippen molar-refractivity contribution in [3.63, 3.8) is 0 Å². The van der Waals surface area contributed by atoms with E-state index in [9.17, 15) is 0 Å². The molecule has 0 aromatic heterocycles. The van der Waals surface area contributed by atoms with Crippen molar-refractivity contribution in [1.29, 1.82) is 0 Å². The summed E-state index contributed by atoms with van der Waals surface area (Å²) in [5, 5.41) is 0. The number of hydrogen-bond donors (Lipinski definition) is 0. The first kappa shape index (κ1) is 7.15. The van der Waals surface area contributed by atoms with Crippen LogP contribution in [0.3, 0.4) is 0 Å². The first-order valence-electron chi connectivity index (χ1n) is 4.75. The molecule has 60 valence electrons. The average Bonchev–Trinajstić information content (AvgIpc) is 2.46. The van der Waals surface area contributed by atoms with Crippen LogP contribution in [0.5, 0.6) is 0 Å². The van der Waals surface area contributed by atoms with Gasteiger partial charge in [0, 0.05) is 0 Å². The lowest BCUT2D eigenvalue weighted by atomic mass is 9.92. The Morgan fingerprint density at radius 3 is 2.09 bits per heavy atom. The Balaban J connectivity index is 2.06. The molecule has 0 heteroatoms. The number of rotatable bonds is 1. The van der Waals surface area contributed by atoms with Crippen molar-refractivity contribution in [3.05, 3.63) is 24.3 Å². The van der Waals surface area contributed by atoms with Gasteiger partial charge < -0.3 is 0 Å². The van der Waals surface area contributed by atoms with Crippen LogP contribution in [0.4, 0.5) is 0 Å². The van der Waals surface area contributed by atoms with Crippen LogP contribution in [0.15, 0.2) is 24.3 Å². The summed E-state index contributed by atoms with van der Waals surface area (Å²) >= 11 is 0. The van der Waals surface area contributed by atoms with Crippen molar-refractivity contribution >= 4 is 0 Å². The van der Waals surface area contributed by atoms with E-state index in [1.807, 2.05) is 0 Å². The van der Waals surface area contributed by atoms with Crippen LogP contribution in [0, 0.1) is 17.8 Å². The minimum Gasteiger partial charge on any atom is -0.0808 e. The van der Waals surface area contributed by atoms with Crippen LogP contribution in [0.1, 0.15) is 26.2 Å². The van der Waals surface area contributed by atoms with E-state index in [-0.39, 0.29) is 0 Å². The summed E-state index contributed by atoms with van der Waals surface area (Å²) in [6.45, 7) is 2.31. The Bertz CT molecular complexity index is 168. The predicted octanol–water partition coefficient (Wildman–Crippen LogP) is 3.16. The molecule has 0 aromatic rings. The SMILES string of the molecule is CCC1CC2C=CC=CC2C1. The van der Waals surface area contributed by atoms with E-state index in [0.717, 1.165) is 17.8 Å². The maximum atomic E-state index is 2.39. The molecule has 0 heterocycles. The fourth-order valence-corrected chi connectivity index (χ4v) is 2.41.